The first-order chi connectivity index (χ1) is 18.6. The first kappa shape index (κ1) is 34.5. The number of hydrogen-bond donors (Lipinski definition) is 2. The van der Waals surface area contributed by atoms with Crippen LogP contribution in [-0.4, -0.2) is 63.3 Å². The van der Waals surface area contributed by atoms with E-state index in [-0.39, 0.29) is 0 Å². The van der Waals surface area contributed by atoms with E-state index in [1.54, 1.807) is 0 Å². The first-order valence-corrected chi connectivity index (χ1v) is 17.3. The lowest BCUT2D eigenvalue weighted by Crippen LogP contribution is -2.46. The van der Waals surface area contributed by atoms with Crippen molar-refractivity contribution in [1.29, 1.82) is 0 Å². The van der Waals surface area contributed by atoms with E-state index in [2.05, 4.69) is 39.4 Å². The summed E-state index contributed by atoms with van der Waals surface area (Å²) in [6, 6.07) is 1.12. The van der Waals surface area contributed by atoms with E-state index in [0.717, 1.165) is 31.9 Å². The van der Waals surface area contributed by atoms with Crippen LogP contribution in [0.5, 0.6) is 6.01 Å². The molecule has 0 spiro atoms. The van der Waals surface area contributed by atoms with Gasteiger partial charge in [-0.1, -0.05) is 78.1 Å². The van der Waals surface area contributed by atoms with Crippen molar-refractivity contribution in [3.8, 4) is 6.01 Å². The molecular formula is C28H57N5O4Si. The maximum Gasteiger partial charge on any atom is 0.500 e. The molecular weight excluding hydrogens is 498 g/mol. The number of unbranched alkanes of at least 4 members (excludes halogenated alkanes) is 10. The molecule has 0 radical (unpaired) electrons. The van der Waals surface area contributed by atoms with E-state index in [9.17, 15) is 0 Å². The van der Waals surface area contributed by atoms with Gasteiger partial charge in [-0.05, 0) is 40.0 Å². The highest BCUT2D eigenvalue weighted by atomic mass is 28.4. The summed E-state index contributed by atoms with van der Waals surface area (Å²) in [4.78, 5) is 13.6. The summed E-state index contributed by atoms with van der Waals surface area (Å²) in [6.07, 6.45) is 15.6. The van der Waals surface area contributed by atoms with Crippen LogP contribution in [0.3, 0.4) is 0 Å². The van der Waals surface area contributed by atoms with Crippen molar-refractivity contribution in [3.63, 3.8) is 0 Å². The molecule has 0 saturated carbocycles. The van der Waals surface area contributed by atoms with Crippen LogP contribution in [0.2, 0.25) is 6.04 Å². The Balaban J connectivity index is 2.65. The summed E-state index contributed by atoms with van der Waals surface area (Å²) in [5.41, 5.74) is 0. The summed E-state index contributed by atoms with van der Waals surface area (Å²) < 4.78 is 23.8. The summed E-state index contributed by atoms with van der Waals surface area (Å²) >= 11 is 0. The second kappa shape index (κ2) is 23.4. The van der Waals surface area contributed by atoms with Gasteiger partial charge in [-0.25, -0.2) is 0 Å². The predicted molar refractivity (Wildman–Crippen MR) is 159 cm³/mol. The lowest BCUT2D eigenvalue weighted by atomic mass is 10.1. The van der Waals surface area contributed by atoms with Gasteiger partial charge in [-0.3, -0.25) is 0 Å². The number of aromatic nitrogens is 3. The minimum absolute atomic E-state index is 0.378. The van der Waals surface area contributed by atoms with Crippen LogP contribution in [0.25, 0.3) is 0 Å². The fourth-order valence-corrected chi connectivity index (χ4v) is 6.85. The van der Waals surface area contributed by atoms with Gasteiger partial charge in [0.25, 0.3) is 0 Å². The zero-order valence-electron chi connectivity index (χ0n) is 25.1. The van der Waals surface area contributed by atoms with Gasteiger partial charge in [-0.15, -0.1) is 0 Å². The van der Waals surface area contributed by atoms with Crippen LogP contribution >= 0.6 is 0 Å². The summed E-state index contributed by atoms with van der Waals surface area (Å²) in [7, 11) is -2.65. The zero-order valence-corrected chi connectivity index (χ0v) is 26.1. The molecule has 38 heavy (non-hydrogen) atoms. The Kier molecular flexibility index (Phi) is 21.3. The molecule has 1 heterocycles. The monoisotopic (exact) mass is 555 g/mol. The Hall–Kier alpha value is -1.49. The molecule has 0 fully saturated rings. The zero-order chi connectivity index (χ0) is 27.7. The third-order valence-electron chi connectivity index (χ3n) is 6.19. The third-order valence-corrected chi connectivity index (χ3v) is 9.34. The highest BCUT2D eigenvalue weighted by Gasteiger charge is 2.39. The average molecular weight is 556 g/mol. The van der Waals surface area contributed by atoms with Crippen molar-refractivity contribution in [2.24, 2.45) is 0 Å². The fourth-order valence-electron chi connectivity index (χ4n) is 4.24. The van der Waals surface area contributed by atoms with Crippen molar-refractivity contribution in [2.75, 3.05) is 50.2 Å². The molecule has 0 aliphatic carbocycles. The normalized spacial score (nSPS) is 11.6. The Morgan fingerprint density at radius 2 is 1.03 bits per heavy atom. The molecule has 0 amide bonds. The lowest BCUT2D eigenvalue weighted by molar-refractivity contribution is 0.0710. The van der Waals surface area contributed by atoms with E-state index in [0.29, 0.717) is 50.9 Å². The SMILES string of the molecule is CCCCCCCCNc1nc(NCCC[Si](OCC)(OCC)OCC)nc(OCCCCCCCC)n1. The molecule has 0 unspecified atom stereocenters. The number of hydrogen-bond acceptors (Lipinski definition) is 9. The van der Waals surface area contributed by atoms with E-state index >= 15 is 0 Å². The second-order valence-electron chi connectivity index (χ2n) is 9.59. The third kappa shape index (κ3) is 16.5. The van der Waals surface area contributed by atoms with Crippen molar-refractivity contribution in [1.82, 2.24) is 15.0 Å². The minimum Gasteiger partial charge on any atom is -0.463 e. The molecule has 1 aromatic rings. The second-order valence-corrected chi connectivity index (χ2v) is 12.3. The maximum absolute atomic E-state index is 5.97. The van der Waals surface area contributed by atoms with Crippen molar-refractivity contribution in [3.05, 3.63) is 0 Å². The molecule has 9 nitrogen and oxygen atoms in total. The van der Waals surface area contributed by atoms with Crippen LogP contribution in [0.4, 0.5) is 11.9 Å². The Morgan fingerprint density at radius 3 is 1.55 bits per heavy atom. The lowest BCUT2D eigenvalue weighted by Gasteiger charge is -2.28. The molecule has 0 atom stereocenters. The smallest absolute Gasteiger partial charge is 0.463 e. The molecule has 0 bridgehead atoms. The number of anilines is 2. The van der Waals surface area contributed by atoms with Gasteiger partial charge in [0, 0.05) is 39.0 Å². The maximum atomic E-state index is 5.97. The van der Waals surface area contributed by atoms with Gasteiger partial charge in [0.1, 0.15) is 0 Å². The molecule has 0 aliphatic heterocycles. The molecule has 0 saturated heterocycles. The largest absolute Gasteiger partial charge is 0.500 e. The van der Waals surface area contributed by atoms with Crippen LogP contribution in [0, 0.1) is 0 Å². The van der Waals surface area contributed by atoms with Crippen molar-refractivity contribution >= 4 is 20.7 Å². The Labute approximate surface area is 234 Å². The first-order valence-electron chi connectivity index (χ1n) is 15.4. The Morgan fingerprint density at radius 1 is 0.553 bits per heavy atom. The molecule has 0 aliphatic rings. The van der Waals surface area contributed by atoms with Gasteiger partial charge >= 0.3 is 14.8 Å². The molecule has 222 valence electrons. The molecule has 1 rings (SSSR count). The molecule has 10 heteroatoms. The summed E-state index contributed by atoms with van der Waals surface area (Å²) in [5.74, 6) is 1.09. The molecule has 1 aromatic heterocycles. The number of ether oxygens (including phenoxy) is 1. The summed E-state index contributed by atoms with van der Waals surface area (Å²) in [6.45, 7) is 14.3. The van der Waals surface area contributed by atoms with Crippen LogP contribution in [0.15, 0.2) is 0 Å². The van der Waals surface area contributed by atoms with Gasteiger partial charge in [-0.2, -0.15) is 15.0 Å². The van der Waals surface area contributed by atoms with Gasteiger partial charge < -0.3 is 28.6 Å². The number of nitrogens with one attached hydrogen (secondary N) is 2. The molecule has 2 N–H and O–H groups in total. The van der Waals surface area contributed by atoms with Crippen LogP contribution in [-0.2, 0) is 13.3 Å². The summed E-state index contributed by atoms with van der Waals surface area (Å²) in [5, 5.41) is 6.72. The fraction of sp³-hybridized carbons (Fsp3) is 0.893. The van der Waals surface area contributed by atoms with Crippen molar-refractivity contribution in [2.45, 2.75) is 124 Å². The quantitative estimate of drug-likeness (QED) is 0.0859. The Bertz CT molecular complexity index is 633. The topological polar surface area (TPSA) is 99.7 Å². The van der Waals surface area contributed by atoms with E-state index in [1.165, 1.54) is 64.2 Å². The van der Waals surface area contributed by atoms with Gasteiger partial charge in [0.15, 0.2) is 0 Å². The van der Waals surface area contributed by atoms with Gasteiger partial charge in [0.2, 0.25) is 11.9 Å². The predicted octanol–water partition coefficient (Wildman–Crippen LogP) is 7.23. The van der Waals surface area contributed by atoms with Gasteiger partial charge in [0.05, 0.1) is 6.61 Å². The van der Waals surface area contributed by atoms with Crippen LogP contribution < -0.4 is 15.4 Å². The number of rotatable bonds is 27. The van der Waals surface area contributed by atoms with E-state index < -0.39 is 8.80 Å². The molecule has 0 aromatic carbocycles. The standard InChI is InChI=1S/C28H57N5O4Si/c1-6-11-13-15-17-19-22-29-26-31-27(33-28(32-26)34-24-20-18-16-14-12-7-2)30-23-21-25-38(35-8-3,36-9-4)37-10-5/h6-25H2,1-5H3,(H2,29,30,31,32,33). The minimum atomic E-state index is -2.65. The number of nitrogens with zero attached hydrogens (tertiary/aromatic N) is 3. The average Bonchev–Trinajstić information content (AvgIpc) is 2.90. The van der Waals surface area contributed by atoms with E-state index in [4.69, 9.17) is 18.0 Å². The van der Waals surface area contributed by atoms with Crippen molar-refractivity contribution < 1.29 is 18.0 Å². The highest BCUT2D eigenvalue weighted by Crippen LogP contribution is 2.19. The highest BCUT2D eigenvalue weighted by molar-refractivity contribution is 6.60. The van der Waals surface area contributed by atoms with E-state index in [1.807, 2.05) is 20.8 Å². The van der Waals surface area contributed by atoms with Crippen LogP contribution in [0.1, 0.15) is 118 Å².